The minimum Gasteiger partial charge on any atom is -0.311 e. The molecular formula is C50H33N. The highest BCUT2D eigenvalue weighted by atomic mass is 15.1. The van der Waals surface area contributed by atoms with Crippen LogP contribution in [0.2, 0.25) is 0 Å². The van der Waals surface area contributed by atoms with Crippen molar-refractivity contribution >= 4 is 70.9 Å². The first-order valence-corrected chi connectivity index (χ1v) is 17.6. The van der Waals surface area contributed by atoms with Gasteiger partial charge in [-0.05, 0) is 119 Å². The Morgan fingerprint density at radius 2 is 0.667 bits per heavy atom. The maximum atomic E-state index is 2.34. The molecule has 0 aliphatic rings. The van der Waals surface area contributed by atoms with Gasteiger partial charge in [-0.2, -0.15) is 0 Å². The van der Waals surface area contributed by atoms with Crippen LogP contribution in [0.5, 0.6) is 0 Å². The molecule has 51 heavy (non-hydrogen) atoms. The molecule has 0 aliphatic heterocycles. The van der Waals surface area contributed by atoms with Crippen LogP contribution in [0, 0.1) is 0 Å². The van der Waals surface area contributed by atoms with Gasteiger partial charge in [-0.15, -0.1) is 0 Å². The fourth-order valence-corrected chi connectivity index (χ4v) is 8.01. The van der Waals surface area contributed by atoms with E-state index >= 15 is 0 Å². The molecule has 0 heterocycles. The number of anilines is 3. The van der Waals surface area contributed by atoms with E-state index in [1.165, 1.54) is 76.1 Å². The van der Waals surface area contributed by atoms with Gasteiger partial charge in [0.25, 0.3) is 0 Å². The predicted molar refractivity (Wildman–Crippen MR) is 220 cm³/mol. The van der Waals surface area contributed by atoms with Gasteiger partial charge in [0.1, 0.15) is 0 Å². The molecule has 1 heteroatoms. The molecule has 10 aromatic carbocycles. The molecule has 0 bridgehead atoms. The van der Waals surface area contributed by atoms with Gasteiger partial charge in [0.15, 0.2) is 0 Å². The van der Waals surface area contributed by atoms with Crippen LogP contribution in [-0.2, 0) is 0 Å². The largest absolute Gasteiger partial charge is 0.311 e. The fourth-order valence-electron chi connectivity index (χ4n) is 8.01. The number of rotatable bonds is 5. The molecule has 0 atom stereocenters. The van der Waals surface area contributed by atoms with Crippen LogP contribution in [0.1, 0.15) is 0 Å². The van der Waals surface area contributed by atoms with Crippen molar-refractivity contribution in [2.75, 3.05) is 4.90 Å². The predicted octanol–water partition coefficient (Wildman–Crippen LogP) is 14.3. The van der Waals surface area contributed by atoms with E-state index in [1.807, 2.05) is 0 Å². The number of fused-ring (bicyclic) bond motifs is 8. The van der Waals surface area contributed by atoms with Crippen LogP contribution < -0.4 is 4.90 Å². The average molecular weight is 648 g/mol. The molecule has 0 radical (unpaired) electrons. The zero-order chi connectivity index (χ0) is 33.7. The van der Waals surface area contributed by atoms with Crippen molar-refractivity contribution in [2.24, 2.45) is 0 Å². The summed E-state index contributed by atoms with van der Waals surface area (Å²) in [7, 11) is 0. The number of nitrogens with zero attached hydrogens (tertiary/aromatic N) is 1. The van der Waals surface area contributed by atoms with Gasteiger partial charge in [-0.3, -0.25) is 0 Å². The quantitative estimate of drug-likeness (QED) is 0.168. The molecule has 0 aliphatic carbocycles. The van der Waals surface area contributed by atoms with E-state index in [0.717, 1.165) is 17.1 Å². The van der Waals surface area contributed by atoms with Crippen LogP contribution in [0.25, 0.3) is 76.1 Å². The Bertz CT molecular complexity index is 2890. The first-order valence-electron chi connectivity index (χ1n) is 17.6. The SMILES string of the molecule is c1ccc(N(c2ccc(-c3cc4ccccc4c4ccccc34)cc2)c2ccc(-c3cccc4c3ccc3c5ccccc5ccc43)cc2)cc1. The zero-order valence-electron chi connectivity index (χ0n) is 28.0. The molecule has 10 rings (SSSR count). The standard InChI is InChI=1S/C50H33N/c1-2-13-38(14-3-1)51(40-28-23-36(24-29-40)50-33-37-12-5-7-16-43(37)44-17-8-9-18-46(44)50)39-26-21-35(22-27-39)42-19-10-20-45-47(42)31-32-48-41-15-6-4-11-34(41)25-30-49(45)48/h1-33H. The highest BCUT2D eigenvalue weighted by molar-refractivity contribution is 6.19. The fraction of sp³-hybridized carbons (Fsp3) is 0. The van der Waals surface area contributed by atoms with E-state index in [-0.39, 0.29) is 0 Å². The number of benzene rings is 10. The Morgan fingerprint density at radius 3 is 1.39 bits per heavy atom. The van der Waals surface area contributed by atoms with Crippen molar-refractivity contribution in [1.29, 1.82) is 0 Å². The van der Waals surface area contributed by atoms with Crippen molar-refractivity contribution in [2.45, 2.75) is 0 Å². The molecule has 0 saturated heterocycles. The first kappa shape index (κ1) is 29.2. The van der Waals surface area contributed by atoms with Crippen LogP contribution in [0.3, 0.4) is 0 Å². The molecule has 0 amide bonds. The maximum Gasteiger partial charge on any atom is 0.0462 e. The highest BCUT2D eigenvalue weighted by Gasteiger charge is 2.15. The van der Waals surface area contributed by atoms with Gasteiger partial charge in [-0.1, -0.05) is 158 Å². The zero-order valence-corrected chi connectivity index (χ0v) is 28.0. The Labute approximate surface area is 297 Å². The van der Waals surface area contributed by atoms with Gasteiger partial charge >= 0.3 is 0 Å². The van der Waals surface area contributed by atoms with Crippen molar-refractivity contribution in [3.8, 4) is 22.3 Å². The smallest absolute Gasteiger partial charge is 0.0462 e. The lowest BCUT2D eigenvalue weighted by molar-refractivity contribution is 1.28. The highest BCUT2D eigenvalue weighted by Crippen LogP contribution is 2.41. The lowest BCUT2D eigenvalue weighted by atomic mass is 9.92. The van der Waals surface area contributed by atoms with Crippen LogP contribution >= 0.6 is 0 Å². The molecule has 0 aromatic heterocycles. The second-order valence-electron chi connectivity index (χ2n) is 13.3. The number of para-hydroxylation sites is 1. The average Bonchev–Trinajstić information content (AvgIpc) is 3.21. The van der Waals surface area contributed by atoms with Crippen molar-refractivity contribution in [3.63, 3.8) is 0 Å². The third-order valence-corrected chi connectivity index (χ3v) is 10.4. The van der Waals surface area contributed by atoms with Crippen LogP contribution in [-0.4, -0.2) is 0 Å². The summed E-state index contributed by atoms with van der Waals surface area (Å²) in [6, 6.07) is 72.9. The Balaban J connectivity index is 1.04. The van der Waals surface area contributed by atoms with Gasteiger partial charge in [0, 0.05) is 17.1 Å². The van der Waals surface area contributed by atoms with E-state index in [1.54, 1.807) is 0 Å². The first-order chi connectivity index (χ1) is 25.3. The maximum absolute atomic E-state index is 2.34. The molecule has 1 nitrogen and oxygen atoms in total. The second kappa shape index (κ2) is 12.0. The number of hydrogen-bond acceptors (Lipinski definition) is 1. The molecule has 10 aromatic rings. The van der Waals surface area contributed by atoms with E-state index in [4.69, 9.17) is 0 Å². The molecule has 0 saturated carbocycles. The minimum atomic E-state index is 1.12. The third kappa shape index (κ3) is 4.94. The molecule has 0 fully saturated rings. The minimum absolute atomic E-state index is 1.12. The summed E-state index contributed by atoms with van der Waals surface area (Å²) in [5, 5.41) is 12.8. The van der Waals surface area contributed by atoms with Crippen LogP contribution in [0.4, 0.5) is 17.1 Å². The van der Waals surface area contributed by atoms with E-state index in [9.17, 15) is 0 Å². The van der Waals surface area contributed by atoms with Gasteiger partial charge < -0.3 is 4.90 Å². The van der Waals surface area contributed by atoms with Crippen molar-refractivity contribution in [3.05, 3.63) is 200 Å². The van der Waals surface area contributed by atoms with E-state index in [2.05, 4.69) is 205 Å². The summed E-state index contributed by atoms with van der Waals surface area (Å²) < 4.78 is 0. The van der Waals surface area contributed by atoms with Crippen LogP contribution in [0.15, 0.2) is 200 Å². The monoisotopic (exact) mass is 647 g/mol. The summed E-state index contributed by atoms with van der Waals surface area (Å²) in [5.41, 5.74) is 8.27. The molecule has 0 spiro atoms. The molecule has 0 N–H and O–H groups in total. The summed E-state index contributed by atoms with van der Waals surface area (Å²) >= 11 is 0. The van der Waals surface area contributed by atoms with E-state index < -0.39 is 0 Å². The topological polar surface area (TPSA) is 3.24 Å². The molecule has 238 valence electrons. The summed E-state index contributed by atoms with van der Waals surface area (Å²) in [5.74, 6) is 0. The second-order valence-corrected chi connectivity index (χ2v) is 13.3. The normalized spacial score (nSPS) is 11.5. The molecule has 0 unspecified atom stereocenters. The number of hydrogen-bond donors (Lipinski definition) is 0. The molecular weight excluding hydrogens is 615 g/mol. The van der Waals surface area contributed by atoms with E-state index in [0.29, 0.717) is 0 Å². The Hall–Kier alpha value is -6.70. The summed E-state index contributed by atoms with van der Waals surface area (Å²) in [4.78, 5) is 2.34. The van der Waals surface area contributed by atoms with Crippen molar-refractivity contribution in [1.82, 2.24) is 0 Å². The van der Waals surface area contributed by atoms with Gasteiger partial charge in [-0.25, -0.2) is 0 Å². The summed E-state index contributed by atoms with van der Waals surface area (Å²) in [6.45, 7) is 0. The summed E-state index contributed by atoms with van der Waals surface area (Å²) in [6.07, 6.45) is 0. The lowest BCUT2D eigenvalue weighted by Gasteiger charge is -2.26. The lowest BCUT2D eigenvalue weighted by Crippen LogP contribution is -2.09. The Morgan fingerprint density at radius 1 is 0.235 bits per heavy atom. The van der Waals surface area contributed by atoms with Gasteiger partial charge in [0.05, 0.1) is 0 Å². The van der Waals surface area contributed by atoms with Gasteiger partial charge in [0.2, 0.25) is 0 Å². The van der Waals surface area contributed by atoms with Crippen molar-refractivity contribution < 1.29 is 0 Å². The Kier molecular flexibility index (Phi) is 6.89. The third-order valence-electron chi connectivity index (χ3n) is 10.4.